The molecular weight excluding hydrogens is 767 g/mol. The number of hydrogen-bond donors (Lipinski definition) is 5. The van der Waals surface area contributed by atoms with Crippen LogP contribution in [0.4, 0.5) is 0 Å². The third-order valence-corrected chi connectivity index (χ3v) is 11.0. The van der Waals surface area contributed by atoms with Crippen LogP contribution in [0.15, 0.2) is 0 Å². The number of terminal acetylenes is 3. The average Bonchev–Trinajstić information content (AvgIpc) is 3.16. The molecule has 4 amide bonds. The fourth-order valence-corrected chi connectivity index (χ4v) is 6.45. The second kappa shape index (κ2) is 31.9. The van der Waals surface area contributed by atoms with Gasteiger partial charge in [0.1, 0.15) is 19.8 Å². The van der Waals surface area contributed by atoms with Crippen LogP contribution in [0.2, 0.25) is 0 Å². The van der Waals surface area contributed by atoms with Crippen molar-refractivity contribution in [3.8, 4) is 37.0 Å². The Hall–Kier alpha value is -3.14. The highest BCUT2D eigenvalue weighted by molar-refractivity contribution is 8.46. The number of nitrogens with one attached hydrogen (secondary N) is 4. The highest BCUT2D eigenvalue weighted by atomic mass is 32.7. The van der Waals surface area contributed by atoms with Gasteiger partial charge >= 0.3 is 0 Å². The molecule has 1 rings (SSSR count). The summed E-state index contributed by atoms with van der Waals surface area (Å²) in [7, 11) is 0. The molecule has 1 atom stereocenters. The second-order valence-corrected chi connectivity index (χ2v) is 16.7. The third-order valence-electron chi connectivity index (χ3n) is 8.44. The fraction of sp³-hybridized carbons (Fsp3) is 0.737. The smallest absolute Gasteiger partial charge is 0.254 e. The summed E-state index contributed by atoms with van der Waals surface area (Å²) in [5, 5.41) is 11.5. The standard InChI is InChI=1S/C38H61N4O12PS/c1-5-18-48-24-27-51-21-15-39-34(43)9-12-38(13-10-35(44)40-16-22-52-28-25-49-19-6-2,14-11-36(45)41-17-23-53-29-26-50-20-7-3)42-37(46)32-30-33(31-32)54-55(47,56)8-4/h1-3,32-33H,8-31H2,4H3,(H,39,43)(H,40,44)(H,41,45)(H,42,46)(H,47,56)/t32-,33-,55?. The van der Waals surface area contributed by atoms with Crippen LogP contribution in [-0.2, 0) is 56.7 Å². The van der Waals surface area contributed by atoms with Gasteiger partial charge in [0.05, 0.1) is 65.6 Å². The number of ether oxygens (including phenoxy) is 6. The van der Waals surface area contributed by atoms with Gasteiger partial charge in [0.2, 0.25) is 23.6 Å². The van der Waals surface area contributed by atoms with Gasteiger partial charge < -0.3 is 54.2 Å². The Morgan fingerprint density at radius 1 is 0.643 bits per heavy atom. The Kier molecular flexibility index (Phi) is 29.0. The predicted molar refractivity (Wildman–Crippen MR) is 214 cm³/mol. The van der Waals surface area contributed by atoms with Gasteiger partial charge in [-0.3, -0.25) is 23.7 Å². The minimum Gasteiger partial charge on any atom is -0.377 e. The summed E-state index contributed by atoms with van der Waals surface area (Å²) < 4.78 is 49.9. The molecule has 1 unspecified atom stereocenters. The molecule has 1 fully saturated rings. The van der Waals surface area contributed by atoms with Gasteiger partial charge in [-0.05, 0) is 32.1 Å². The van der Waals surface area contributed by atoms with E-state index in [1.807, 2.05) is 0 Å². The summed E-state index contributed by atoms with van der Waals surface area (Å²) >= 11 is 4.12. The fourth-order valence-electron chi connectivity index (χ4n) is 5.26. The quantitative estimate of drug-likeness (QED) is 0.0268. The van der Waals surface area contributed by atoms with Gasteiger partial charge in [-0.2, -0.15) is 0 Å². The summed E-state index contributed by atoms with van der Waals surface area (Å²) in [4.78, 5) is 52.7. The van der Waals surface area contributed by atoms with Crippen molar-refractivity contribution in [2.45, 2.75) is 69.9 Å². The normalized spacial score (nSPS) is 15.9. The highest BCUT2D eigenvalue weighted by Crippen LogP contribution is 2.55. The Morgan fingerprint density at radius 2 is 1.00 bits per heavy atom. The molecule has 0 bridgehead atoms. The van der Waals surface area contributed by atoms with E-state index in [9.17, 15) is 23.7 Å². The third kappa shape index (κ3) is 25.9. The van der Waals surface area contributed by atoms with E-state index in [0.717, 1.165) is 0 Å². The monoisotopic (exact) mass is 828 g/mol. The van der Waals surface area contributed by atoms with E-state index in [2.05, 4.69) is 51.3 Å². The SMILES string of the molecule is C#CCOCCOCCNC(=O)CCC(CCC(=O)NCCOCCOCC#C)(CCC(=O)NCCOCCOCC#C)NC(=O)[C@H]1C[C@H](OP(=O)(S)CC)C1. The summed E-state index contributed by atoms with van der Waals surface area (Å²) in [6, 6.07) is 0. The van der Waals surface area contributed by atoms with E-state index in [4.69, 9.17) is 52.2 Å². The topological polar surface area (TPSA) is 198 Å². The molecule has 0 aliphatic heterocycles. The summed E-state index contributed by atoms with van der Waals surface area (Å²) in [6.07, 6.45) is 16.4. The van der Waals surface area contributed by atoms with E-state index < -0.39 is 18.0 Å². The molecule has 18 heteroatoms. The average molecular weight is 829 g/mol. The van der Waals surface area contributed by atoms with Gasteiger partial charge in [0.25, 0.3) is 6.57 Å². The predicted octanol–water partition coefficient (Wildman–Crippen LogP) is 1.47. The zero-order valence-electron chi connectivity index (χ0n) is 32.7. The second-order valence-electron chi connectivity index (χ2n) is 12.8. The maximum Gasteiger partial charge on any atom is 0.254 e. The van der Waals surface area contributed by atoms with Crippen molar-refractivity contribution in [3.05, 3.63) is 0 Å². The summed E-state index contributed by atoms with van der Waals surface area (Å²) in [6.45, 7) is 2.60. The lowest BCUT2D eigenvalue weighted by atomic mass is 9.78. The Morgan fingerprint density at radius 3 is 1.34 bits per heavy atom. The van der Waals surface area contributed by atoms with Crippen molar-refractivity contribution >= 4 is 42.4 Å². The maximum atomic E-state index is 13.7. The zero-order chi connectivity index (χ0) is 41.3. The molecule has 0 aromatic heterocycles. The Balaban J connectivity index is 2.97. The molecule has 1 aliphatic carbocycles. The van der Waals surface area contributed by atoms with E-state index in [0.29, 0.717) is 52.5 Å². The van der Waals surface area contributed by atoms with Crippen LogP contribution in [-0.4, -0.2) is 140 Å². The minimum atomic E-state index is -3.06. The molecule has 56 heavy (non-hydrogen) atoms. The molecular formula is C38H61N4O12PS. The molecule has 0 radical (unpaired) electrons. The molecule has 0 heterocycles. The van der Waals surface area contributed by atoms with Crippen LogP contribution in [0.25, 0.3) is 0 Å². The lowest BCUT2D eigenvalue weighted by Crippen LogP contribution is -2.54. The Bertz CT molecular complexity index is 1220. The largest absolute Gasteiger partial charge is 0.377 e. The lowest BCUT2D eigenvalue weighted by molar-refractivity contribution is -0.134. The van der Waals surface area contributed by atoms with Crippen molar-refractivity contribution in [1.82, 2.24) is 21.3 Å². The van der Waals surface area contributed by atoms with Crippen LogP contribution in [0, 0.1) is 42.9 Å². The van der Waals surface area contributed by atoms with Gasteiger partial charge in [0, 0.05) is 56.5 Å². The highest BCUT2D eigenvalue weighted by Gasteiger charge is 2.42. The molecule has 0 aromatic rings. The molecule has 0 aromatic carbocycles. The first-order valence-electron chi connectivity index (χ1n) is 18.9. The maximum absolute atomic E-state index is 13.7. The van der Waals surface area contributed by atoms with Gasteiger partial charge in [-0.25, -0.2) is 0 Å². The summed E-state index contributed by atoms with van der Waals surface area (Å²) in [5.41, 5.74) is -1.11. The van der Waals surface area contributed by atoms with E-state index in [1.165, 1.54) is 0 Å². The van der Waals surface area contributed by atoms with Crippen molar-refractivity contribution in [2.75, 3.05) is 105 Å². The van der Waals surface area contributed by atoms with E-state index in [-0.39, 0.29) is 134 Å². The first-order chi connectivity index (χ1) is 27.0. The van der Waals surface area contributed by atoms with Crippen molar-refractivity contribution in [1.29, 1.82) is 0 Å². The number of amides is 4. The zero-order valence-corrected chi connectivity index (χ0v) is 34.4. The molecule has 1 saturated carbocycles. The van der Waals surface area contributed by atoms with Crippen LogP contribution in [0.5, 0.6) is 0 Å². The molecule has 0 spiro atoms. The molecule has 16 nitrogen and oxygen atoms in total. The van der Waals surface area contributed by atoms with Crippen molar-refractivity contribution in [2.24, 2.45) is 5.92 Å². The van der Waals surface area contributed by atoms with Crippen LogP contribution in [0.3, 0.4) is 0 Å². The van der Waals surface area contributed by atoms with Crippen molar-refractivity contribution in [3.63, 3.8) is 0 Å². The molecule has 4 N–H and O–H groups in total. The van der Waals surface area contributed by atoms with Crippen LogP contribution >= 0.6 is 18.8 Å². The van der Waals surface area contributed by atoms with Gasteiger partial charge in [-0.15, -0.1) is 19.3 Å². The number of rotatable bonds is 35. The molecule has 316 valence electrons. The van der Waals surface area contributed by atoms with E-state index in [1.54, 1.807) is 6.92 Å². The summed E-state index contributed by atoms with van der Waals surface area (Å²) in [5.74, 6) is 5.46. The van der Waals surface area contributed by atoms with Crippen molar-refractivity contribution < 1.29 is 56.7 Å². The van der Waals surface area contributed by atoms with E-state index >= 15 is 0 Å². The number of hydrogen-bond acceptors (Lipinski definition) is 12. The first-order valence-corrected chi connectivity index (χ1v) is 21.8. The Labute approximate surface area is 337 Å². The molecule has 0 saturated heterocycles. The van der Waals surface area contributed by atoms with Gasteiger partial charge in [-0.1, -0.05) is 36.9 Å². The number of carbonyl (C=O) groups excluding carboxylic acids is 4. The first kappa shape index (κ1) is 50.9. The minimum absolute atomic E-state index is 0.00426. The van der Waals surface area contributed by atoms with Crippen LogP contribution < -0.4 is 21.3 Å². The van der Waals surface area contributed by atoms with Crippen LogP contribution in [0.1, 0.15) is 58.3 Å². The molecule has 1 aliphatic rings. The number of thiol groups is 1. The number of carbonyl (C=O) groups is 4. The lowest BCUT2D eigenvalue weighted by Gasteiger charge is -2.40. The van der Waals surface area contributed by atoms with Gasteiger partial charge in [0.15, 0.2) is 0 Å².